The van der Waals surface area contributed by atoms with E-state index in [1.807, 2.05) is 6.07 Å². The largest absolute Gasteiger partial charge is 0.395 e. The van der Waals surface area contributed by atoms with Crippen LogP contribution in [0.2, 0.25) is 0 Å². The van der Waals surface area contributed by atoms with Crippen LogP contribution < -0.4 is 0 Å². The van der Waals surface area contributed by atoms with Crippen molar-refractivity contribution in [3.8, 4) is 17.9 Å². The molecule has 110 valence electrons. The molecule has 0 heterocycles. The topological polar surface area (TPSA) is 64.3 Å². The minimum absolute atomic E-state index is 0.0728. The second-order valence-electron chi connectivity index (χ2n) is 4.59. The van der Waals surface area contributed by atoms with E-state index in [2.05, 4.69) is 11.8 Å². The number of aliphatic hydroxyl groups is 1. The number of rotatable bonds is 4. The second kappa shape index (κ2) is 8.04. The fourth-order valence-corrected chi connectivity index (χ4v) is 1.68. The smallest absolute Gasteiger partial charge is 0.255 e. The van der Waals surface area contributed by atoms with Gasteiger partial charge < -0.3 is 10.0 Å². The summed E-state index contributed by atoms with van der Waals surface area (Å²) >= 11 is 0. The molecule has 1 aromatic rings. The van der Waals surface area contributed by atoms with Crippen molar-refractivity contribution < 1.29 is 14.3 Å². The van der Waals surface area contributed by atoms with Crippen molar-refractivity contribution in [3.63, 3.8) is 0 Å². The van der Waals surface area contributed by atoms with Crippen LogP contribution in [0.15, 0.2) is 18.2 Å². The average molecular weight is 288 g/mol. The number of nitriles is 1. The number of hydrogen-bond acceptors (Lipinski definition) is 3. The quantitative estimate of drug-likeness (QED) is 0.861. The first kappa shape index (κ1) is 16.7. The van der Waals surface area contributed by atoms with Gasteiger partial charge in [-0.2, -0.15) is 5.26 Å². The fourth-order valence-electron chi connectivity index (χ4n) is 1.68. The van der Waals surface area contributed by atoms with Crippen LogP contribution in [0, 0.1) is 29.0 Å². The van der Waals surface area contributed by atoms with E-state index in [0.717, 1.165) is 6.07 Å². The predicted molar refractivity (Wildman–Crippen MR) is 76.8 cm³/mol. The number of benzene rings is 1. The Morgan fingerprint density at radius 3 is 2.86 bits per heavy atom. The Morgan fingerprint density at radius 1 is 1.52 bits per heavy atom. The van der Waals surface area contributed by atoms with Gasteiger partial charge in [-0.1, -0.05) is 11.8 Å². The summed E-state index contributed by atoms with van der Waals surface area (Å²) in [5.41, 5.74) is 0.568. The highest BCUT2D eigenvalue weighted by Gasteiger charge is 2.20. The molecule has 4 nitrogen and oxygen atoms in total. The van der Waals surface area contributed by atoms with Gasteiger partial charge in [0, 0.05) is 25.1 Å². The van der Waals surface area contributed by atoms with Crippen LogP contribution >= 0.6 is 0 Å². The molecule has 0 saturated carbocycles. The van der Waals surface area contributed by atoms with Crippen LogP contribution in [-0.2, 0) is 0 Å². The summed E-state index contributed by atoms with van der Waals surface area (Å²) in [5.74, 6) is 4.57. The Morgan fingerprint density at radius 2 is 2.24 bits per heavy atom. The highest BCUT2D eigenvalue weighted by Crippen LogP contribution is 2.15. The van der Waals surface area contributed by atoms with E-state index in [0.29, 0.717) is 5.56 Å². The van der Waals surface area contributed by atoms with E-state index in [-0.39, 0.29) is 37.0 Å². The van der Waals surface area contributed by atoms with Crippen molar-refractivity contribution >= 4 is 5.91 Å². The maximum absolute atomic E-state index is 13.4. The maximum atomic E-state index is 13.4. The van der Waals surface area contributed by atoms with Gasteiger partial charge in [0.15, 0.2) is 0 Å². The summed E-state index contributed by atoms with van der Waals surface area (Å²) in [4.78, 5) is 13.8. The van der Waals surface area contributed by atoms with Crippen LogP contribution in [0.3, 0.4) is 0 Å². The van der Waals surface area contributed by atoms with Gasteiger partial charge in [0.05, 0.1) is 24.7 Å². The summed E-state index contributed by atoms with van der Waals surface area (Å²) < 4.78 is 13.4. The molecule has 21 heavy (non-hydrogen) atoms. The lowest BCUT2D eigenvalue weighted by molar-refractivity contribution is 0.0745. The Labute approximate surface area is 123 Å². The molecule has 0 bridgehead atoms. The Balaban J connectivity index is 3.11. The molecule has 1 atom stereocenters. The molecule has 5 heteroatoms. The summed E-state index contributed by atoms with van der Waals surface area (Å²) in [6, 6.07) is 5.54. The minimum Gasteiger partial charge on any atom is -0.395 e. The first-order chi connectivity index (χ1) is 10.0. The van der Waals surface area contributed by atoms with E-state index in [1.54, 1.807) is 14.0 Å². The Hall–Kier alpha value is -2.37. The Bertz CT molecular complexity index is 611. The standard InChI is InChI=1S/C16H17FN2O2/c1-12(8-9-18)19(2)16(21)15-11-14(17)7-6-13(15)5-3-4-10-20/h6-7,11-12,20H,4,8,10H2,1-2H3. The summed E-state index contributed by atoms with van der Waals surface area (Å²) in [5, 5.41) is 17.4. The number of aliphatic hydroxyl groups excluding tert-OH is 1. The number of carbonyl (C=O) groups is 1. The Kier molecular flexibility index (Phi) is 6.39. The monoisotopic (exact) mass is 288 g/mol. The fraction of sp³-hybridized carbons (Fsp3) is 0.375. The molecule has 1 rings (SSSR count). The zero-order chi connectivity index (χ0) is 15.8. The van der Waals surface area contributed by atoms with Crippen LogP contribution in [0.25, 0.3) is 0 Å². The van der Waals surface area contributed by atoms with Crippen LogP contribution in [0.1, 0.15) is 35.7 Å². The van der Waals surface area contributed by atoms with Gasteiger partial charge in [-0.3, -0.25) is 4.79 Å². The van der Waals surface area contributed by atoms with Gasteiger partial charge in [0.2, 0.25) is 0 Å². The van der Waals surface area contributed by atoms with Gasteiger partial charge in [0.25, 0.3) is 5.91 Å². The first-order valence-corrected chi connectivity index (χ1v) is 6.54. The van der Waals surface area contributed by atoms with E-state index in [4.69, 9.17) is 10.4 Å². The van der Waals surface area contributed by atoms with E-state index < -0.39 is 5.82 Å². The van der Waals surface area contributed by atoms with Crippen molar-refractivity contribution in [2.45, 2.75) is 25.8 Å². The van der Waals surface area contributed by atoms with Crippen molar-refractivity contribution in [3.05, 3.63) is 35.1 Å². The molecule has 0 aliphatic rings. The third kappa shape index (κ3) is 4.59. The van der Waals surface area contributed by atoms with Crippen LogP contribution in [-0.4, -0.2) is 35.6 Å². The van der Waals surface area contributed by atoms with Crippen molar-refractivity contribution in [1.82, 2.24) is 4.90 Å². The molecular weight excluding hydrogens is 271 g/mol. The number of halogens is 1. The molecular formula is C16H17FN2O2. The average Bonchev–Trinajstić information content (AvgIpc) is 2.47. The van der Waals surface area contributed by atoms with Crippen molar-refractivity contribution in [2.75, 3.05) is 13.7 Å². The summed E-state index contributed by atoms with van der Waals surface area (Å²) in [6.07, 6.45) is 0.481. The normalized spacial score (nSPS) is 11.0. The number of amides is 1. The molecule has 1 aromatic carbocycles. The molecule has 1 unspecified atom stereocenters. The van der Waals surface area contributed by atoms with Crippen LogP contribution in [0.5, 0.6) is 0 Å². The second-order valence-corrected chi connectivity index (χ2v) is 4.59. The van der Waals surface area contributed by atoms with E-state index in [9.17, 15) is 9.18 Å². The lowest BCUT2D eigenvalue weighted by atomic mass is 10.0. The van der Waals surface area contributed by atoms with Crippen molar-refractivity contribution in [2.24, 2.45) is 0 Å². The SMILES string of the molecule is CC(CC#N)N(C)C(=O)c1cc(F)ccc1C#CCCO. The van der Waals surface area contributed by atoms with E-state index in [1.165, 1.54) is 17.0 Å². The lowest BCUT2D eigenvalue weighted by Gasteiger charge is -2.23. The van der Waals surface area contributed by atoms with Gasteiger partial charge in [-0.15, -0.1) is 0 Å². The highest BCUT2D eigenvalue weighted by molar-refractivity contribution is 5.96. The summed E-state index contributed by atoms with van der Waals surface area (Å²) in [7, 11) is 1.57. The van der Waals surface area contributed by atoms with Gasteiger partial charge in [0.1, 0.15) is 5.82 Å². The predicted octanol–water partition coefficient (Wildman–Crippen LogP) is 1.93. The maximum Gasteiger partial charge on any atom is 0.255 e. The molecule has 0 saturated heterocycles. The first-order valence-electron chi connectivity index (χ1n) is 6.54. The van der Waals surface area contributed by atoms with Gasteiger partial charge in [-0.25, -0.2) is 4.39 Å². The van der Waals surface area contributed by atoms with Crippen LogP contribution in [0.4, 0.5) is 4.39 Å². The molecule has 0 radical (unpaired) electrons. The zero-order valence-electron chi connectivity index (χ0n) is 12.1. The zero-order valence-corrected chi connectivity index (χ0v) is 12.1. The third-order valence-corrected chi connectivity index (χ3v) is 3.04. The minimum atomic E-state index is -0.521. The number of nitrogens with zero attached hydrogens (tertiary/aromatic N) is 2. The number of carbonyl (C=O) groups excluding carboxylic acids is 1. The highest BCUT2D eigenvalue weighted by atomic mass is 19.1. The molecule has 0 aromatic heterocycles. The molecule has 0 aliphatic heterocycles. The molecule has 0 spiro atoms. The van der Waals surface area contributed by atoms with Gasteiger partial charge >= 0.3 is 0 Å². The van der Waals surface area contributed by atoms with Gasteiger partial charge in [-0.05, 0) is 25.1 Å². The number of hydrogen-bond donors (Lipinski definition) is 1. The lowest BCUT2D eigenvalue weighted by Crippen LogP contribution is -2.35. The molecule has 0 fully saturated rings. The molecule has 1 N–H and O–H groups in total. The summed E-state index contributed by atoms with van der Waals surface area (Å²) in [6.45, 7) is 1.67. The van der Waals surface area contributed by atoms with Crippen molar-refractivity contribution in [1.29, 1.82) is 5.26 Å². The molecule has 1 amide bonds. The van der Waals surface area contributed by atoms with E-state index >= 15 is 0 Å². The third-order valence-electron chi connectivity index (χ3n) is 3.04. The molecule has 0 aliphatic carbocycles.